The van der Waals surface area contributed by atoms with Crippen molar-refractivity contribution in [3.63, 3.8) is 0 Å². The summed E-state index contributed by atoms with van der Waals surface area (Å²) in [5.74, 6) is 0.146. The Labute approximate surface area is 106 Å². The van der Waals surface area contributed by atoms with Crippen LogP contribution >= 0.6 is 0 Å². The van der Waals surface area contributed by atoms with Gasteiger partial charge in [0.05, 0.1) is 12.9 Å². The molecule has 9 heteroatoms. The van der Waals surface area contributed by atoms with E-state index in [-0.39, 0.29) is 11.5 Å². The maximum absolute atomic E-state index is 13.9. The first-order chi connectivity index (χ1) is 9.13. The second-order valence-electron chi connectivity index (χ2n) is 4.22. The number of nitrogens with zero attached hydrogens (tertiary/aromatic N) is 4. The number of ether oxygens (including phenoxy) is 1. The highest BCUT2D eigenvalue weighted by Gasteiger charge is 2.46. The molecular formula is C10H11F2N5O2. The lowest BCUT2D eigenvalue weighted by atomic mass is 10.2. The Bertz CT molecular complexity index is 607. The lowest BCUT2D eigenvalue weighted by molar-refractivity contribution is -0.0398. The first-order valence-electron chi connectivity index (χ1n) is 5.61. The van der Waals surface area contributed by atoms with Crippen LogP contribution in [0.2, 0.25) is 0 Å². The minimum absolute atomic E-state index is 0.146. The summed E-state index contributed by atoms with van der Waals surface area (Å²) >= 11 is 0. The molecule has 19 heavy (non-hydrogen) atoms. The van der Waals surface area contributed by atoms with Crippen LogP contribution in [0.1, 0.15) is 6.23 Å². The Morgan fingerprint density at radius 1 is 1.32 bits per heavy atom. The minimum Gasteiger partial charge on any atom is -0.394 e. The Kier molecular flexibility index (Phi) is 2.79. The topological polar surface area (TPSA) is 99.1 Å². The highest BCUT2D eigenvalue weighted by molar-refractivity contribution is 5.81. The molecule has 1 aliphatic rings. The fourth-order valence-corrected chi connectivity index (χ4v) is 2.11. The largest absolute Gasteiger partial charge is 0.394 e. The number of aromatic nitrogens is 4. The average molecular weight is 271 g/mol. The highest BCUT2D eigenvalue weighted by atomic mass is 19.2. The molecule has 0 aromatic carbocycles. The third-order valence-electron chi connectivity index (χ3n) is 3.09. The van der Waals surface area contributed by atoms with Crippen LogP contribution in [0.3, 0.4) is 0 Å². The maximum Gasteiger partial charge on any atom is 0.179 e. The number of alkyl halides is 2. The molecule has 0 bridgehead atoms. The molecule has 0 radical (unpaired) electrons. The molecule has 1 fully saturated rings. The van der Waals surface area contributed by atoms with Gasteiger partial charge in [0.25, 0.3) is 0 Å². The minimum atomic E-state index is -1.91. The molecule has 7 nitrogen and oxygen atoms in total. The monoisotopic (exact) mass is 271 g/mol. The third kappa shape index (κ3) is 1.73. The lowest BCUT2D eigenvalue weighted by Crippen LogP contribution is -2.26. The Hall–Kier alpha value is -1.87. The average Bonchev–Trinajstić information content (AvgIpc) is 2.94. The van der Waals surface area contributed by atoms with E-state index in [9.17, 15) is 8.78 Å². The van der Waals surface area contributed by atoms with Crippen molar-refractivity contribution in [3.8, 4) is 0 Å². The summed E-state index contributed by atoms with van der Waals surface area (Å²) in [6, 6.07) is 0. The Morgan fingerprint density at radius 3 is 2.79 bits per heavy atom. The molecule has 3 N–H and O–H groups in total. The van der Waals surface area contributed by atoms with Crippen LogP contribution in [-0.2, 0) is 4.74 Å². The van der Waals surface area contributed by atoms with Crippen molar-refractivity contribution in [2.45, 2.75) is 24.7 Å². The van der Waals surface area contributed by atoms with Crippen molar-refractivity contribution in [2.75, 3.05) is 12.3 Å². The molecule has 3 rings (SSSR count). The normalized spacial score (nSPS) is 31.1. The first-order valence-corrected chi connectivity index (χ1v) is 5.61. The molecule has 0 amide bonds. The number of hydrogen-bond donors (Lipinski definition) is 2. The van der Waals surface area contributed by atoms with E-state index < -0.39 is 31.3 Å². The van der Waals surface area contributed by atoms with Crippen LogP contribution in [-0.4, -0.2) is 49.7 Å². The quantitative estimate of drug-likeness (QED) is 0.796. The van der Waals surface area contributed by atoms with Gasteiger partial charge in [-0.25, -0.2) is 23.7 Å². The summed E-state index contributed by atoms with van der Waals surface area (Å²) in [5, 5.41) is 8.92. The fourth-order valence-electron chi connectivity index (χ4n) is 2.11. The molecule has 0 saturated carbocycles. The summed E-state index contributed by atoms with van der Waals surface area (Å²) in [6.45, 7) is -0.595. The number of halogens is 2. The van der Waals surface area contributed by atoms with Crippen LogP contribution in [0, 0.1) is 0 Å². The van der Waals surface area contributed by atoms with Gasteiger partial charge in [-0.1, -0.05) is 0 Å². The van der Waals surface area contributed by atoms with E-state index in [1.165, 1.54) is 17.2 Å². The molecule has 0 unspecified atom stereocenters. The Balaban J connectivity index is 2.04. The molecule has 1 aliphatic heterocycles. The molecule has 4 atom stereocenters. The number of nitrogen functional groups attached to an aromatic ring is 1. The summed E-state index contributed by atoms with van der Waals surface area (Å²) in [4.78, 5) is 11.6. The number of fused-ring (bicyclic) bond motifs is 1. The second kappa shape index (κ2) is 4.35. The number of aliphatic hydroxyl groups excluding tert-OH is 1. The first kappa shape index (κ1) is 12.2. The number of rotatable bonds is 2. The van der Waals surface area contributed by atoms with Crippen molar-refractivity contribution >= 4 is 17.0 Å². The highest BCUT2D eigenvalue weighted by Crippen LogP contribution is 2.35. The van der Waals surface area contributed by atoms with E-state index in [0.717, 1.165) is 0 Å². The van der Waals surface area contributed by atoms with Gasteiger partial charge in [-0.3, -0.25) is 4.57 Å². The summed E-state index contributed by atoms with van der Waals surface area (Å²) in [7, 11) is 0. The van der Waals surface area contributed by atoms with Crippen LogP contribution in [0.15, 0.2) is 12.7 Å². The van der Waals surface area contributed by atoms with Gasteiger partial charge >= 0.3 is 0 Å². The number of nitrogens with two attached hydrogens (primary N) is 1. The van der Waals surface area contributed by atoms with Gasteiger partial charge in [-0.15, -0.1) is 0 Å². The number of hydrogen-bond acceptors (Lipinski definition) is 6. The summed E-state index contributed by atoms with van der Waals surface area (Å²) in [6.07, 6.45) is -3.77. The van der Waals surface area contributed by atoms with Crippen LogP contribution in [0.5, 0.6) is 0 Å². The van der Waals surface area contributed by atoms with Crippen molar-refractivity contribution in [3.05, 3.63) is 12.7 Å². The van der Waals surface area contributed by atoms with E-state index in [2.05, 4.69) is 15.0 Å². The van der Waals surface area contributed by atoms with Gasteiger partial charge in [-0.2, -0.15) is 0 Å². The van der Waals surface area contributed by atoms with E-state index in [1.54, 1.807) is 0 Å². The molecule has 0 spiro atoms. The van der Waals surface area contributed by atoms with Gasteiger partial charge in [-0.05, 0) is 0 Å². The molecular weight excluding hydrogens is 260 g/mol. The molecule has 3 heterocycles. The standard InChI is InChI=1S/C10H11F2N5O2/c11-5-4(1-18)19-10(6(5)12)17-3-16-7-8(13)14-2-15-9(7)17/h2-6,10,18H,1H2,(H2,13,14,15)/t4-,5-,6-,10-/m1/s1. The molecule has 0 aliphatic carbocycles. The molecule has 2 aromatic heterocycles. The van der Waals surface area contributed by atoms with E-state index >= 15 is 0 Å². The van der Waals surface area contributed by atoms with Crippen LogP contribution in [0.4, 0.5) is 14.6 Å². The zero-order valence-corrected chi connectivity index (χ0v) is 9.65. The van der Waals surface area contributed by atoms with Crippen LogP contribution in [0.25, 0.3) is 11.2 Å². The zero-order chi connectivity index (χ0) is 13.6. The predicted octanol–water partition coefficient (Wildman–Crippen LogP) is -0.0256. The van der Waals surface area contributed by atoms with Crippen molar-refractivity contribution in [2.24, 2.45) is 0 Å². The van der Waals surface area contributed by atoms with E-state index in [0.29, 0.717) is 5.52 Å². The predicted molar refractivity (Wildman–Crippen MR) is 60.5 cm³/mol. The fraction of sp³-hybridized carbons (Fsp3) is 0.500. The van der Waals surface area contributed by atoms with Crippen molar-refractivity contribution < 1.29 is 18.6 Å². The van der Waals surface area contributed by atoms with Gasteiger partial charge in [0.2, 0.25) is 0 Å². The second-order valence-corrected chi connectivity index (χ2v) is 4.22. The van der Waals surface area contributed by atoms with E-state index in [4.69, 9.17) is 15.6 Å². The smallest absolute Gasteiger partial charge is 0.179 e. The van der Waals surface area contributed by atoms with Crippen LogP contribution < -0.4 is 5.73 Å². The third-order valence-corrected chi connectivity index (χ3v) is 3.09. The maximum atomic E-state index is 13.9. The Morgan fingerprint density at radius 2 is 2.11 bits per heavy atom. The van der Waals surface area contributed by atoms with Gasteiger partial charge < -0.3 is 15.6 Å². The molecule has 1 saturated heterocycles. The molecule has 102 valence electrons. The number of imidazole rings is 1. The SMILES string of the molecule is Nc1ncnc2c1ncn2[C@@H]1O[C@H](CO)[C@@H](F)[C@H]1F. The van der Waals surface area contributed by atoms with Crippen molar-refractivity contribution in [1.29, 1.82) is 0 Å². The van der Waals surface area contributed by atoms with Gasteiger partial charge in [0.15, 0.2) is 30.0 Å². The molecule has 2 aromatic rings. The number of aliphatic hydroxyl groups is 1. The lowest BCUT2D eigenvalue weighted by Gasteiger charge is -2.14. The summed E-state index contributed by atoms with van der Waals surface area (Å²) < 4.78 is 33.8. The summed E-state index contributed by atoms with van der Waals surface area (Å²) in [5.41, 5.74) is 6.16. The van der Waals surface area contributed by atoms with Gasteiger partial charge in [0.1, 0.15) is 17.9 Å². The number of anilines is 1. The van der Waals surface area contributed by atoms with E-state index in [1.807, 2.05) is 0 Å². The van der Waals surface area contributed by atoms with Crippen molar-refractivity contribution in [1.82, 2.24) is 19.5 Å². The van der Waals surface area contributed by atoms with Gasteiger partial charge in [0, 0.05) is 0 Å². The zero-order valence-electron chi connectivity index (χ0n) is 9.65.